The van der Waals surface area contributed by atoms with E-state index in [2.05, 4.69) is 47.7 Å². The van der Waals surface area contributed by atoms with Gasteiger partial charge in [-0.25, -0.2) is 4.99 Å². The predicted molar refractivity (Wildman–Crippen MR) is 119 cm³/mol. The molecule has 0 radical (unpaired) electrons. The zero-order valence-corrected chi connectivity index (χ0v) is 18.2. The maximum absolute atomic E-state index is 12.4. The SMILES string of the molecule is CC(C)c1cccc(NC(N)=NCC(=O)N2CCc3sccc3C2)c1.I. The maximum atomic E-state index is 12.4. The van der Waals surface area contributed by atoms with E-state index in [0.717, 1.165) is 18.7 Å². The number of nitrogens with zero attached hydrogens (tertiary/aromatic N) is 2. The Kier molecular flexibility index (Phi) is 7.45. The first kappa shape index (κ1) is 20.7. The molecule has 3 rings (SSSR count). The minimum absolute atomic E-state index is 0. The molecule has 0 saturated carbocycles. The average molecular weight is 484 g/mol. The van der Waals surface area contributed by atoms with Gasteiger partial charge in [0.2, 0.25) is 5.91 Å². The number of aliphatic imine (C=N–C) groups is 1. The van der Waals surface area contributed by atoms with Crippen molar-refractivity contribution >= 4 is 52.9 Å². The first-order valence-electron chi connectivity index (χ1n) is 8.53. The molecule has 26 heavy (non-hydrogen) atoms. The van der Waals surface area contributed by atoms with Gasteiger partial charge in [-0.2, -0.15) is 0 Å². The van der Waals surface area contributed by atoms with Gasteiger partial charge in [0.25, 0.3) is 0 Å². The Morgan fingerprint density at radius 2 is 2.19 bits per heavy atom. The summed E-state index contributed by atoms with van der Waals surface area (Å²) in [5.74, 6) is 0.725. The summed E-state index contributed by atoms with van der Waals surface area (Å²) in [6, 6.07) is 10.2. The van der Waals surface area contributed by atoms with Gasteiger partial charge in [0.05, 0.1) is 0 Å². The number of hydrogen-bond acceptors (Lipinski definition) is 3. The van der Waals surface area contributed by atoms with E-state index in [1.807, 2.05) is 17.0 Å². The topological polar surface area (TPSA) is 70.7 Å². The number of hydrogen-bond donors (Lipinski definition) is 2. The highest BCUT2D eigenvalue weighted by atomic mass is 127. The second-order valence-corrected chi connectivity index (χ2v) is 7.54. The van der Waals surface area contributed by atoms with E-state index in [1.165, 1.54) is 16.0 Å². The number of nitrogens with two attached hydrogens (primary N) is 1. The highest BCUT2D eigenvalue weighted by molar-refractivity contribution is 14.0. The van der Waals surface area contributed by atoms with Crippen molar-refractivity contribution < 1.29 is 4.79 Å². The number of nitrogens with one attached hydrogen (secondary N) is 1. The lowest BCUT2D eigenvalue weighted by Crippen LogP contribution is -2.37. The van der Waals surface area contributed by atoms with Crippen molar-refractivity contribution in [3.63, 3.8) is 0 Å². The van der Waals surface area contributed by atoms with E-state index in [4.69, 9.17) is 5.73 Å². The van der Waals surface area contributed by atoms with Crippen LogP contribution in [0.2, 0.25) is 0 Å². The number of carbonyl (C=O) groups is 1. The molecule has 1 aliphatic rings. The van der Waals surface area contributed by atoms with Gasteiger partial charge in [-0.3, -0.25) is 4.79 Å². The fourth-order valence-corrected chi connectivity index (χ4v) is 3.77. The summed E-state index contributed by atoms with van der Waals surface area (Å²) < 4.78 is 0. The largest absolute Gasteiger partial charge is 0.370 e. The number of anilines is 1. The molecule has 0 fully saturated rings. The van der Waals surface area contributed by atoms with Crippen LogP contribution in [0.3, 0.4) is 0 Å². The van der Waals surface area contributed by atoms with E-state index in [9.17, 15) is 4.79 Å². The van der Waals surface area contributed by atoms with Gasteiger partial charge in [0.1, 0.15) is 6.54 Å². The lowest BCUT2D eigenvalue weighted by molar-refractivity contribution is -0.130. The standard InChI is InChI=1S/C19H24N4OS.HI/c1-13(2)14-4-3-5-16(10-14)22-19(20)21-11-18(24)23-8-6-17-15(12-23)7-9-25-17;/h3-5,7,9-10,13H,6,8,11-12H2,1-2H3,(H3,20,21,22);1H. The molecule has 0 atom stereocenters. The minimum Gasteiger partial charge on any atom is -0.370 e. The summed E-state index contributed by atoms with van der Waals surface area (Å²) in [5.41, 5.74) is 9.31. The third-order valence-electron chi connectivity index (χ3n) is 4.37. The Hall–Kier alpha value is -1.61. The van der Waals surface area contributed by atoms with Crippen LogP contribution in [-0.2, 0) is 17.8 Å². The molecular weight excluding hydrogens is 459 g/mol. The Bertz CT molecular complexity index is 787. The third kappa shape index (κ3) is 5.20. The molecule has 0 unspecified atom stereocenters. The van der Waals surface area contributed by atoms with E-state index >= 15 is 0 Å². The number of amides is 1. The number of fused-ring (bicyclic) bond motifs is 1. The fourth-order valence-electron chi connectivity index (χ4n) is 2.88. The molecule has 7 heteroatoms. The second kappa shape index (κ2) is 9.36. The van der Waals surface area contributed by atoms with Crippen LogP contribution >= 0.6 is 35.3 Å². The van der Waals surface area contributed by atoms with Crippen molar-refractivity contribution in [3.05, 3.63) is 51.7 Å². The molecule has 0 saturated heterocycles. The lowest BCUT2D eigenvalue weighted by Gasteiger charge is -2.26. The van der Waals surface area contributed by atoms with E-state index < -0.39 is 0 Å². The first-order chi connectivity index (χ1) is 12.0. The molecule has 1 amide bonds. The maximum Gasteiger partial charge on any atom is 0.244 e. The van der Waals surface area contributed by atoms with Gasteiger partial charge in [0, 0.05) is 23.7 Å². The van der Waals surface area contributed by atoms with Gasteiger partial charge in [0.15, 0.2) is 5.96 Å². The van der Waals surface area contributed by atoms with Crippen LogP contribution in [0.1, 0.15) is 35.8 Å². The quantitative estimate of drug-likeness (QED) is 0.394. The summed E-state index contributed by atoms with van der Waals surface area (Å²) in [6.07, 6.45) is 0.929. The van der Waals surface area contributed by atoms with Gasteiger partial charge in [-0.1, -0.05) is 26.0 Å². The fraction of sp³-hybridized carbons (Fsp3) is 0.368. The number of guanidine groups is 1. The summed E-state index contributed by atoms with van der Waals surface area (Å²) in [7, 11) is 0. The number of halogens is 1. The molecule has 2 heterocycles. The van der Waals surface area contributed by atoms with Gasteiger partial charge in [-0.15, -0.1) is 35.3 Å². The Morgan fingerprint density at radius 3 is 2.96 bits per heavy atom. The molecule has 1 aliphatic heterocycles. The normalized spacial score (nSPS) is 14.0. The molecule has 140 valence electrons. The summed E-state index contributed by atoms with van der Waals surface area (Å²) in [4.78, 5) is 19.8. The van der Waals surface area contributed by atoms with Crippen LogP contribution in [0.25, 0.3) is 0 Å². The van der Waals surface area contributed by atoms with Crippen LogP contribution in [0.4, 0.5) is 5.69 Å². The Balaban J connectivity index is 0.00000243. The number of benzene rings is 1. The zero-order valence-electron chi connectivity index (χ0n) is 15.1. The lowest BCUT2D eigenvalue weighted by atomic mass is 10.0. The van der Waals surface area contributed by atoms with Crippen molar-refractivity contribution in [1.29, 1.82) is 0 Å². The molecule has 2 aromatic rings. The number of carbonyl (C=O) groups excluding carboxylic acids is 1. The highest BCUT2D eigenvalue weighted by Crippen LogP contribution is 2.24. The second-order valence-electron chi connectivity index (χ2n) is 6.54. The minimum atomic E-state index is 0. The summed E-state index contributed by atoms with van der Waals surface area (Å²) in [6.45, 7) is 5.80. The molecule has 0 aliphatic carbocycles. The molecule has 1 aromatic heterocycles. The molecule has 5 nitrogen and oxygen atoms in total. The Morgan fingerprint density at radius 1 is 1.38 bits per heavy atom. The van der Waals surface area contributed by atoms with Gasteiger partial charge < -0.3 is 16.0 Å². The van der Waals surface area contributed by atoms with E-state index in [1.54, 1.807) is 11.3 Å². The smallest absolute Gasteiger partial charge is 0.244 e. The van der Waals surface area contributed by atoms with Crippen molar-refractivity contribution in [2.24, 2.45) is 10.7 Å². The number of thiophene rings is 1. The van der Waals surface area contributed by atoms with E-state index in [0.29, 0.717) is 12.5 Å². The number of rotatable bonds is 4. The predicted octanol–water partition coefficient (Wildman–Crippen LogP) is 3.80. The van der Waals surface area contributed by atoms with Crippen molar-refractivity contribution in [2.45, 2.75) is 32.7 Å². The average Bonchev–Trinajstić information content (AvgIpc) is 3.07. The van der Waals surface area contributed by atoms with Gasteiger partial charge >= 0.3 is 0 Å². The van der Waals surface area contributed by atoms with E-state index in [-0.39, 0.29) is 42.4 Å². The van der Waals surface area contributed by atoms with Gasteiger partial charge in [-0.05, 0) is 47.0 Å². The van der Waals surface area contributed by atoms with Crippen LogP contribution in [0.15, 0.2) is 40.7 Å². The van der Waals surface area contributed by atoms with Crippen molar-refractivity contribution in [1.82, 2.24) is 4.90 Å². The van der Waals surface area contributed by atoms with Crippen LogP contribution in [-0.4, -0.2) is 29.9 Å². The molecule has 0 spiro atoms. The monoisotopic (exact) mass is 484 g/mol. The van der Waals surface area contributed by atoms with Crippen LogP contribution in [0.5, 0.6) is 0 Å². The first-order valence-corrected chi connectivity index (χ1v) is 9.41. The highest BCUT2D eigenvalue weighted by Gasteiger charge is 2.20. The molecule has 1 aromatic carbocycles. The van der Waals surface area contributed by atoms with Crippen molar-refractivity contribution in [3.8, 4) is 0 Å². The molecule has 0 bridgehead atoms. The van der Waals surface area contributed by atoms with Crippen LogP contribution < -0.4 is 11.1 Å². The summed E-state index contributed by atoms with van der Waals surface area (Å²) >= 11 is 1.77. The van der Waals surface area contributed by atoms with Crippen LogP contribution in [0, 0.1) is 0 Å². The zero-order chi connectivity index (χ0) is 17.8. The third-order valence-corrected chi connectivity index (χ3v) is 5.39. The summed E-state index contributed by atoms with van der Waals surface area (Å²) in [5, 5.41) is 5.15. The molecule has 3 N–H and O–H groups in total. The van der Waals surface area contributed by atoms with Crippen molar-refractivity contribution in [2.75, 3.05) is 18.4 Å². The Labute approximate surface area is 175 Å². The molecular formula is C19H25IN4OS.